The molecule has 1 heterocycles. The molecule has 4 aromatic rings. The van der Waals surface area contributed by atoms with Crippen LogP contribution in [-0.2, 0) is 27.3 Å². The molecule has 0 aliphatic heterocycles. The fourth-order valence-electron chi connectivity index (χ4n) is 4.45. The van der Waals surface area contributed by atoms with E-state index >= 15 is 0 Å². The van der Waals surface area contributed by atoms with Crippen LogP contribution < -0.4 is 5.32 Å². The van der Waals surface area contributed by atoms with Crippen LogP contribution in [0.5, 0.6) is 0 Å². The summed E-state index contributed by atoms with van der Waals surface area (Å²) in [6.45, 7) is 1.61. The fraction of sp³-hybridized carbons (Fsp3) is 0.214. The molecule has 3 aromatic carbocycles. The van der Waals surface area contributed by atoms with Gasteiger partial charge in [0.25, 0.3) is 0 Å². The molecule has 5 rings (SSSR count). The highest BCUT2D eigenvalue weighted by molar-refractivity contribution is 7.72. The highest BCUT2D eigenvalue weighted by Crippen LogP contribution is 2.57. The van der Waals surface area contributed by atoms with Crippen molar-refractivity contribution in [2.45, 2.75) is 36.9 Å². The molecule has 8 nitrogen and oxygen atoms in total. The molecule has 1 aliphatic carbocycles. The number of nitrogens with one attached hydrogen (secondary N) is 1. The Morgan fingerprint density at radius 1 is 1.10 bits per heavy atom. The van der Waals surface area contributed by atoms with Gasteiger partial charge in [0.1, 0.15) is 10.7 Å². The Balaban J connectivity index is 1.31. The molecule has 1 amide bonds. The van der Waals surface area contributed by atoms with Gasteiger partial charge in [-0.15, -0.1) is 0 Å². The summed E-state index contributed by atoms with van der Waals surface area (Å²) in [5, 5.41) is 16.1. The number of carbonyl (C=O) groups excluding carboxylic acids is 1. The van der Waals surface area contributed by atoms with Gasteiger partial charge in [-0.3, -0.25) is 4.79 Å². The third kappa shape index (κ3) is 5.55. The van der Waals surface area contributed by atoms with Crippen LogP contribution in [0.4, 0.5) is 5.69 Å². The minimum Gasteiger partial charge on any atom is -0.338 e. The van der Waals surface area contributed by atoms with E-state index in [1.165, 1.54) is 0 Å². The van der Waals surface area contributed by atoms with Crippen LogP contribution in [0.2, 0.25) is 10.0 Å². The quantitative estimate of drug-likeness (QED) is 0.250. The van der Waals surface area contributed by atoms with E-state index < -0.39 is 21.4 Å². The normalized spacial score (nSPS) is 14.5. The lowest BCUT2D eigenvalue weighted by Crippen LogP contribution is -2.16. The average Bonchev–Trinajstić information content (AvgIpc) is 3.54. The Hall–Kier alpha value is -3.71. The first-order valence-corrected chi connectivity index (χ1v) is 14.1. The molecule has 0 bridgehead atoms. The van der Waals surface area contributed by atoms with Gasteiger partial charge in [-0.2, -0.15) is 10.2 Å². The second kappa shape index (κ2) is 10.8. The molecule has 1 saturated carbocycles. The van der Waals surface area contributed by atoms with E-state index in [2.05, 4.69) is 21.5 Å². The first-order chi connectivity index (χ1) is 18.7. The maximum absolute atomic E-state index is 12.7. The summed E-state index contributed by atoms with van der Waals surface area (Å²) < 4.78 is 28.0. The number of carbonyl (C=O) groups is 1. The van der Waals surface area contributed by atoms with Crippen molar-refractivity contribution in [3.63, 3.8) is 0 Å². The number of thiol groups is 1. The van der Waals surface area contributed by atoms with Crippen LogP contribution in [-0.4, -0.2) is 24.5 Å². The van der Waals surface area contributed by atoms with Gasteiger partial charge in [-0.25, -0.2) is 8.42 Å². The Labute approximate surface area is 236 Å². The maximum atomic E-state index is 12.7. The first-order valence-electron chi connectivity index (χ1n) is 12.1. The van der Waals surface area contributed by atoms with E-state index in [1.54, 1.807) is 67.6 Å². The van der Waals surface area contributed by atoms with E-state index in [9.17, 15) is 13.2 Å². The Morgan fingerprint density at radius 3 is 2.31 bits per heavy atom. The van der Waals surface area contributed by atoms with Crippen LogP contribution in [0, 0.1) is 11.3 Å². The predicted molar refractivity (Wildman–Crippen MR) is 148 cm³/mol. The summed E-state index contributed by atoms with van der Waals surface area (Å²) in [5.41, 5.74) is 3.18. The molecule has 0 radical (unpaired) electrons. The van der Waals surface area contributed by atoms with Gasteiger partial charge < -0.3 is 9.84 Å². The molecule has 0 spiro atoms. The number of halogens is 2. The molecule has 39 heavy (non-hydrogen) atoms. The number of benzene rings is 3. The van der Waals surface area contributed by atoms with Crippen LogP contribution in [0.3, 0.4) is 0 Å². The molecule has 11 heteroatoms. The minimum absolute atomic E-state index is 0.0964. The number of amides is 1. The highest BCUT2D eigenvalue weighted by Gasteiger charge is 2.53. The smallest absolute Gasteiger partial charge is 0.237 e. The number of hydrogen-bond acceptors (Lipinski definition) is 7. The number of nitriles is 1. The molecule has 1 fully saturated rings. The zero-order valence-corrected chi connectivity index (χ0v) is 23.1. The number of hydrogen-bond donors (Lipinski definition) is 2. The first kappa shape index (κ1) is 26.9. The summed E-state index contributed by atoms with van der Waals surface area (Å²) >= 11 is 13.4. The van der Waals surface area contributed by atoms with Gasteiger partial charge in [0, 0.05) is 26.9 Å². The van der Waals surface area contributed by atoms with Crippen molar-refractivity contribution < 1.29 is 17.7 Å². The van der Waals surface area contributed by atoms with Crippen LogP contribution in [0.15, 0.2) is 65.2 Å². The zero-order valence-electron chi connectivity index (χ0n) is 20.6. The molecule has 198 valence electrons. The van der Waals surface area contributed by atoms with Gasteiger partial charge in [0.05, 0.1) is 28.7 Å². The molecule has 1 unspecified atom stereocenters. The standard InChI is InChI=1S/C28H22Cl2N4O4S/c1-16(39(36)37)19-6-2-17(3-7-19)12-24(35)32-21-13-22(29)25(23(30)14-21)28(10-11-28)27-33-26(34-38-27)20-8-4-18(15-31)5-9-20/h2-9,13-14,16,39H,10-12H2,1H3,(H,32,35). The van der Waals surface area contributed by atoms with Crippen molar-refractivity contribution in [1.82, 2.24) is 10.1 Å². The largest absolute Gasteiger partial charge is 0.338 e. The number of anilines is 1. The Morgan fingerprint density at radius 2 is 1.74 bits per heavy atom. The Kier molecular flexibility index (Phi) is 7.45. The van der Waals surface area contributed by atoms with Crippen LogP contribution in [0.1, 0.15) is 53.2 Å². The maximum Gasteiger partial charge on any atom is 0.237 e. The SMILES string of the molecule is CC(c1ccc(CC(=O)Nc2cc(Cl)c(C3(c4nc(-c5ccc(C#N)cc5)no4)CC3)c(Cl)c2)cc1)[SH](=O)=O. The summed E-state index contributed by atoms with van der Waals surface area (Å²) in [7, 11) is -2.56. The second-order valence-corrected chi connectivity index (χ2v) is 11.6. The average molecular weight is 581 g/mol. The molecule has 1 N–H and O–H groups in total. The summed E-state index contributed by atoms with van der Waals surface area (Å²) in [6, 6.07) is 19.2. The van der Waals surface area contributed by atoms with Crippen molar-refractivity contribution in [3.8, 4) is 17.5 Å². The molecule has 0 saturated heterocycles. The highest BCUT2D eigenvalue weighted by atomic mass is 35.5. The van der Waals surface area contributed by atoms with Crippen molar-refractivity contribution in [2.24, 2.45) is 0 Å². The van der Waals surface area contributed by atoms with Crippen molar-refractivity contribution in [1.29, 1.82) is 5.26 Å². The second-order valence-electron chi connectivity index (χ2n) is 9.44. The summed E-state index contributed by atoms with van der Waals surface area (Å²) in [4.78, 5) is 17.3. The zero-order chi connectivity index (χ0) is 27.7. The molecular weight excluding hydrogens is 559 g/mol. The monoisotopic (exact) mass is 580 g/mol. The predicted octanol–water partition coefficient (Wildman–Crippen LogP) is 5.85. The number of nitrogens with zero attached hydrogens (tertiary/aromatic N) is 3. The summed E-state index contributed by atoms with van der Waals surface area (Å²) in [6.07, 6.45) is 1.55. The van der Waals surface area contributed by atoms with Crippen molar-refractivity contribution in [3.05, 3.63) is 98.9 Å². The molecular formula is C28H22Cl2N4O4S. The van der Waals surface area contributed by atoms with Gasteiger partial charge in [0.15, 0.2) is 0 Å². The lowest BCUT2D eigenvalue weighted by Gasteiger charge is -2.17. The van der Waals surface area contributed by atoms with E-state index in [1.807, 2.05) is 0 Å². The molecule has 1 atom stereocenters. The minimum atomic E-state index is -2.56. The van der Waals surface area contributed by atoms with Crippen LogP contribution >= 0.6 is 23.2 Å². The van der Waals surface area contributed by atoms with E-state index in [0.29, 0.717) is 44.1 Å². The third-order valence-corrected chi connectivity index (χ3v) is 8.33. The van der Waals surface area contributed by atoms with E-state index in [4.69, 9.17) is 33.0 Å². The van der Waals surface area contributed by atoms with Crippen molar-refractivity contribution >= 4 is 45.5 Å². The van der Waals surface area contributed by atoms with Crippen molar-refractivity contribution in [2.75, 3.05) is 5.32 Å². The van der Waals surface area contributed by atoms with E-state index in [-0.39, 0.29) is 12.3 Å². The molecule has 1 aromatic heterocycles. The fourth-order valence-corrected chi connectivity index (χ4v) is 5.72. The van der Waals surface area contributed by atoms with Gasteiger partial charge >= 0.3 is 0 Å². The molecule has 1 aliphatic rings. The van der Waals surface area contributed by atoms with Gasteiger partial charge in [-0.1, -0.05) is 52.6 Å². The topological polar surface area (TPSA) is 126 Å². The van der Waals surface area contributed by atoms with Crippen LogP contribution in [0.25, 0.3) is 11.4 Å². The number of rotatable bonds is 8. The van der Waals surface area contributed by atoms with Gasteiger partial charge in [-0.05, 0) is 67.3 Å². The lowest BCUT2D eigenvalue weighted by atomic mass is 9.95. The van der Waals surface area contributed by atoms with E-state index in [0.717, 1.165) is 24.0 Å². The Bertz CT molecular complexity index is 1640. The number of aromatic nitrogens is 2. The lowest BCUT2D eigenvalue weighted by molar-refractivity contribution is -0.115. The summed E-state index contributed by atoms with van der Waals surface area (Å²) in [5.74, 6) is 0.540. The van der Waals surface area contributed by atoms with Gasteiger partial charge in [0.2, 0.25) is 17.6 Å². The third-order valence-electron chi connectivity index (χ3n) is 6.81.